The van der Waals surface area contributed by atoms with Crippen LogP contribution in [-0.2, 0) is 77.7 Å². The number of piperidine rings is 3. The van der Waals surface area contributed by atoms with Gasteiger partial charge in [-0.15, -0.1) is 0 Å². The third-order valence-electron chi connectivity index (χ3n) is 24.8. The maximum atomic E-state index is 14.2. The fourth-order valence-corrected chi connectivity index (χ4v) is 18.7. The number of hydrogen-bond donors (Lipinski definition) is 0. The summed E-state index contributed by atoms with van der Waals surface area (Å²) in [5.41, 5.74) is -7.10. The minimum Gasteiger partial charge on any atom is -0.374 e. The molecule has 4 unspecified atom stereocenters. The molecular formula is C87H81F21N6O6. The summed E-state index contributed by atoms with van der Waals surface area (Å²) in [5, 5.41) is 0. The van der Waals surface area contributed by atoms with Gasteiger partial charge in [0.2, 0.25) is 17.7 Å². The lowest BCUT2D eigenvalue weighted by Crippen LogP contribution is -2.51. The zero-order chi connectivity index (χ0) is 87.0. The maximum absolute atomic E-state index is 14.2. The number of nitrogens with zero attached hydrogens (tertiary/aromatic N) is 6. The fraction of sp³-hybridized carbons (Fsp3) is 0.448. The van der Waals surface area contributed by atoms with Gasteiger partial charge in [0.25, 0.3) is 0 Å². The van der Waals surface area contributed by atoms with E-state index in [4.69, 9.17) is 0 Å². The van der Waals surface area contributed by atoms with Crippen molar-refractivity contribution in [1.82, 2.24) is 29.4 Å². The minimum atomic E-state index is -5.05. The number of fused-ring (bicyclic) bond motifs is 3. The van der Waals surface area contributed by atoms with E-state index in [-0.39, 0.29) is 102 Å². The average molecular weight is 1710 g/mol. The van der Waals surface area contributed by atoms with E-state index in [1.54, 1.807) is 54.6 Å². The molecule has 6 saturated heterocycles. The van der Waals surface area contributed by atoms with Gasteiger partial charge >= 0.3 is 37.1 Å². The van der Waals surface area contributed by atoms with Gasteiger partial charge in [-0.05, 0) is 201 Å². The summed E-state index contributed by atoms with van der Waals surface area (Å²) in [6.07, 6.45) is -21.1. The van der Waals surface area contributed by atoms with Crippen molar-refractivity contribution in [3.05, 3.63) is 247 Å². The number of benzene rings is 6. The molecule has 10 atom stereocenters. The zero-order valence-corrected chi connectivity index (χ0v) is 64.6. The van der Waals surface area contributed by atoms with Gasteiger partial charge in [-0.3, -0.25) is 28.8 Å². The van der Waals surface area contributed by atoms with Crippen LogP contribution >= 0.6 is 0 Å². The van der Waals surface area contributed by atoms with Gasteiger partial charge in [-0.2, -0.15) is 79.0 Å². The van der Waals surface area contributed by atoms with E-state index in [0.717, 1.165) is 17.1 Å². The van der Waals surface area contributed by atoms with Gasteiger partial charge in [0, 0.05) is 131 Å². The quantitative estimate of drug-likeness (QED) is 0.110. The third-order valence-corrected chi connectivity index (χ3v) is 24.8. The van der Waals surface area contributed by atoms with E-state index in [1.807, 2.05) is 0 Å². The van der Waals surface area contributed by atoms with Crippen LogP contribution in [0.4, 0.5) is 92.2 Å². The second-order valence-electron chi connectivity index (χ2n) is 32.8. The van der Waals surface area contributed by atoms with E-state index in [9.17, 15) is 121 Å². The Kier molecular flexibility index (Phi) is 24.4. The largest absolute Gasteiger partial charge is 0.416 e. The van der Waals surface area contributed by atoms with Gasteiger partial charge in [0.15, 0.2) is 17.3 Å². The Bertz CT molecular complexity index is 4890. The van der Waals surface area contributed by atoms with E-state index in [0.29, 0.717) is 150 Å². The molecule has 0 bridgehead atoms. The molecule has 33 heteroatoms. The van der Waals surface area contributed by atoms with Gasteiger partial charge in [-0.25, -0.2) is 13.2 Å². The summed E-state index contributed by atoms with van der Waals surface area (Å²) in [5.74, 6) is -4.40. The molecule has 0 aromatic heterocycles. The number of likely N-dealkylation sites (tertiary alicyclic amines) is 6. The van der Waals surface area contributed by atoms with Gasteiger partial charge in [-0.1, -0.05) is 36.4 Å². The molecule has 0 radical (unpaired) electrons. The molecule has 6 heterocycles. The SMILES string of the molecule is CC(C(=O)N1CC[C@@H]2CN(C3=CC(=O)CC3)CC2[C@@H]1c1ccc(F)cc1)c1cc(C(F)(F)F)cc(C(F)(F)F)c1.CC(C)(C(=O)N1CC[C@@H]2CN(C3=CC(=O)CC3)CC2[C@@H]1c1ccc(F)cc1)c1cc(C(F)(F)F)cc(C(F)(F)F)c1.O=C1C=C(N2CC3[C@H](CCN(C(=O)Cc4cc(C(F)(F)F)cc(C(F)(F)F)c4)[C@H]3c3ccc(F)cc3)C2)CC1. The molecule has 12 nitrogen and oxygen atoms in total. The van der Waals surface area contributed by atoms with E-state index in [1.165, 1.54) is 71.9 Å². The first-order chi connectivity index (χ1) is 56.1. The van der Waals surface area contributed by atoms with Gasteiger partial charge in [0.05, 0.1) is 69.3 Å². The van der Waals surface area contributed by atoms with Crippen LogP contribution in [0.25, 0.3) is 0 Å². The van der Waals surface area contributed by atoms with E-state index < -0.39 is 147 Å². The van der Waals surface area contributed by atoms with Crippen molar-refractivity contribution < 1.29 is 121 Å². The monoisotopic (exact) mass is 1700 g/mol. The lowest BCUT2D eigenvalue weighted by atomic mass is 9.75. The first-order valence-corrected chi connectivity index (χ1v) is 39.1. The summed E-state index contributed by atoms with van der Waals surface area (Å²) in [6.45, 7) is 8.24. The summed E-state index contributed by atoms with van der Waals surface area (Å²) >= 11 is 0. The molecule has 6 aromatic rings. The molecule has 6 fully saturated rings. The second kappa shape index (κ2) is 33.4. The van der Waals surface area contributed by atoms with Gasteiger partial charge < -0.3 is 29.4 Å². The topological polar surface area (TPSA) is 122 Å². The van der Waals surface area contributed by atoms with Crippen molar-refractivity contribution in [2.45, 2.75) is 151 Å². The van der Waals surface area contributed by atoms with Crippen molar-refractivity contribution in [2.75, 3.05) is 58.9 Å². The zero-order valence-electron chi connectivity index (χ0n) is 64.6. The van der Waals surface area contributed by atoms with Gasteiger partial charge in [0.1, 0.15) is 17.5 Å². The third kappa shape index (κ3) is 19.1. The van der Waals surface area contributed by atoms with Crippen molar-refractivity contribution in [3.63, 3.8) is 0 Å². The number of carbonyl (C=O) groups excluding carboxylic acids is 6. The molecule has 0 spiro atoms. The van der Waals surface area contributed by atoms with E-state index in [2.05, 4.69) is 14.7 Å². The van der Waals surface area contributed by atoms with Crippen molar-refractivity contribution in [2.24, 2.45) is 35.5 Å². The maximum Gasteiger partial charge on any atom is 0.416 e. The summed E-state index contributed by atoms with van der Waals surface area (Å²) in [7, 11) is 0. The molecule has 15 rings (SSSR count). The number of carbonyl (C=O) groups is 6. The molecule has 0 saturated carbocycles. The smallest absolute Gasteiger partial charge is 0.374 e. The summed E-state index contributed by atoms with van der Waals surface area (Å²) < 4.78 is 284. The standard InChI is InChI=1S/C30H29F7N2O2.C29H27F7N2O2.C28H25F7N2O2/c1-28(2,19-11-20(29(32,33)34)13-21(12-19)30(35,36)37)27(41)39-10-9-18-15-38(23-7-8-24(40)14-23)16-25(18)26(39)17-3-5-22(31)6-4-17;1-16(19-10-20(28(31,32)33)12-21(11-19)29(34,35)36)27(40)38-9-8-18-14-37(23-6-7-24(39)13-23)15-25(18)26(38)17-2-4-22(30)5-3-17;29-21-3-1-17(2-4-21)26-24-15-36(22-5-6-23(38)13-22)14-18(24)7-8-37(26)25(39)11-16-9-19(27(30,31)32)12-20(10-16)28(33,34)35/h3-6,11-14,18,25-26H,7-10,15-16H2,1-2H3;2-5,10-13,16,18,25-26H,6-9,14-15H2,1H3;1-4,9-10,12-13,18,24,26H,5-8,11,14-15H2/t18-,25?,26+;16?,18-,25?,26+;18-,24?,26+/m111/s1. The molecule has 642 valence electrons. The predicted molar refractivity (Wildman–Crippen MR) is 394 cm³/mol. The van der Waals surface area contributed by atoms with Crippen molar-refractivity contribution in [3.8, 4) is 0 Å². The highest BCUT2D eigenvalue weighted by Gasteiger charge is 2.53. The van der Waals surface area contributed by atoms with Crippen molar-refractivity contribution >= 4 is 35.1 Å². The number of amides is 3. The number of ketones is 3. The number of hydrogen-bond acceptors (Lipinski definition) is 9. The highest BCUT2D eigenvalue weighted by atomic mass is 19.4. The molecule has 3 aliphatic carbocycles. The van der Waals surface area contributed by atoms with Crippen LogP contribution in [0.3, 0.4) is 0 Å². The van der Waals surface area contributed by atoms with E-state index >= 15 is 0 Å². The highest BCUT2D eigenvalue weighted by Crippen LogP contribution is 2.52. The molecular weight excluding hydrogens is 1620 g/mol. The Labute approximate surface area is 675 Å². The summed E-state index contributed by atoms with van der Waals surface area (Å²) in [4.78, 5) is 88.0. The molecule has 3 amide bonds. The van der Waals surface area contributed by atoms with Crippen LogP contribution in [0, 0.1) is 53.0 Å². The van der Waals surface area contributed by atoms with Crippen LogP contribution in [0.5, 0.6) is 0 Å². The molecule has 9 aliphatic rings. The molecule has 0 N–H and O–H groups in total. The van der Waals surface area contributed by atoms with Crippen molar-refractivity contribution in [1.29, 1.82) is 0 Å². The molecule has 6 aromatic carbocycles. The summed E-state index contributed by atoms with van der Waals surface area (Å²) in [6, 6.07) is 18.9. The number of allylic oxidation sites excluding steroid dienone is 6. The Morgan fingerprint density at radius 2 is 0.650 bits per heavy atom. The Hall–Kier alpha value is -10.1. The lowest BCUT2D eigenvalue weighted by Gasteiger charge is -2.45. The van der Waals surface area contributed by atoms with Crippen LogP contribution in [0.2, 0.25) is 0 Å². The van der Waals surface area contributed by atoms with Crippen LogP contribution in [-0.4, -0.2) is 123 Å². The number of rotatable bonds is 12. The first-order valence-electron chi connectivity index (χ1n) is 39.1. The number of alkyl halides is 18. The number of halogens is 21. The second-order valence-corrected chi connectivity index (χ2v) is 32.8. The fourth-order valence-electron chi connectivity index (χ4n) is 18.7. The Morgan fingerprint density at radius 3 is 0.967 bits per heavy atom. The normalized spacial score (nSPS) is 23.9. The van der Waals surface area contributed by atoms with Crippen LogP contribution in [0.15, 0.2) is 163 Å². The predicted octanol–water partition coefficient (Wildman–Crippen LogP) is 19.8. The molecule has 6 aliphatic heterocycles. The Morgan fingerprint density at radius 1 is 0.367 bits per heavy atom. The Balaban J connectivity index is 0.000000156. The lowest BCUT2D eigenvalue weighted by molar-refractivity contribution is -0.145. The van der Waals surface area contributed by atoms with Crippen LogP contribution < -0.4 is 0 Å². The first kappa shape index (κ1) is 87.7. The average Bonchev–Trinajstić information content (AvgIpc) is 1.77. The minimum absolute atomic E-state index is 0.0380. The van der Waals surface area contributed by atoms with Crippen LogP contribution in [0.1, 0.15) is 169 Å². The highest BCUT2D eigenvalue weighted by molar-refractivity contribution is 5.94. The molecule has 120 heavy (non-hydrogen) atoms.